The summed E-state index contributed by atoms with van der Waals surface area (Å²) in [5, 5.41) is 13.3. The lowest BCUT2D eigenvalue weighted by Crippen LogP contribution is -2.14. The standard InChI is InChI=1S/C14H15FN4O2/c1-8-4-5-9(10(15)7-8)12(20)17-14-19-18-13(21-14)11-3-2-6-16-11/h4-5,7,11,16H,2-3,6H2,1H3,(H,17,19,20). The molecule has 1 unspecified atom stereocenters. The van der Waals surface area contributed by atoms with E-state index in [4.69, 9.17) is 4.42 Å². The number of hydrogen-bond acceptors (Lipinski definition) is 5. The molecule has 0 radical (unpaired) electrons. The smallest absolute Gasteiger partial charge is 0.322 e. The van der Waals surface area contributed by atoms with Gasteiger partial charge in [-0.05, 0) is 44.0 Å². The summed E-state index contributed by atoms with van der Waals surface area (Å²) in [5.41, 5.74) is 0.691. The number of nitrogens with one attached hydrogen (secondary N) is 2. The molecule has 2 N–H and O–H groups in total. The Morgan fingerprint density at radius 2 is 2.33 bits per heavy atom. The van der Waals surface area contributed by atoms with Gasteiger partial charge in [0.2, 0.25) is 5.89 Å². The van der Waals surface area contributed by atoms with E-state index in [0.717, 1.165) is 24.9 Å². The van der Waals surface area contributed by atoms with E-state index in [1.165, 1.54) is 12.1 Å². The fraction of sp³-hybridized carbons (Fsp3) is 0.357. The monoisotopic (exact) mass is 290 g/mol. The molecule has 2 aromatic rings. The number of amides is 1. The molecule has 21 heavy (non-hydrogen) atoms. The molecule has 1 fully saturated rings. The Balaban J connectivity index is 1.72. The SMILES string of the molecule is Cc1ccc(C(=O)Nc2nnc(C3CCCN3)o2)c(F)c1. The second kappa shape index (κ2) is 5.61. The Morgan fingerprint density at radius 3 is 3.05 bits per heavy atom. The van der Waals surface area contributed by atoms with Crippen LogP contribution in [0.1, 0.15) is 40.7 Å². The van der Waals surface area contributed by atoms with E-state index >= 15 is 0 Å². The van der Waals surface area contributed by atoms with Crippen molar-refractivity contribution in [3.63, 3.8) is 0 Å². The lowest BCUT2D eigenvalue weighted by Gasteiger charge is -2.04. The molecule has 1 atom stereocenters. The van der Waals surface area contributed by atoms with Crippen LogP contribution in [0.4, 0.5) is 10.4 Å². The van der Waals surface area contributed by atoms with Gasteiger partial charge in [0.1, 0.15) is 5.82 Å². The molecular formula is C14H15FN4O2. The van der Waals surface area contributed by atoms with Gasteiger partial charge >= 0.3 is 6.01 Å². The van der Waals surface area contributed by atoms with Crippen molar-refractivity contribution < 1.29 is 13.6 Å². The third kappa shape index (κ3) is 2.92. The quantitative estimate of drug-likeness (QED) is 0.905. The zero-order valence-corrected chi connectivity index (χ0v) is 11.5. The highest BCUT2D eigenvalue weighted by atomic mass is 19.1. The predicted molar refractivity (Wildman–Crippen MR) is 73.4 cm³/mol. The largest absolute Gasteiger partial charge is 0.406 e. The fourth-order valence-corrected chi connectivity index (χ4v) is 2.29. The van der Waals surface area contributed by atoms with Gasteiger partial charge in [-0.25, -0.2) is 4.39 Å². The number of aryl methyl sites for hydroxylation is 1. The molecule has 7 heteroatoms. The van der Waals surface area contributed by atoms with Crippen LogP contribution in [-0.4, -0.2) is 22.6 Å². The number of rotatable bonds is 3. The number of carbonyl (C=O) groups excluding carboxylic acids is 1. The van der Waals surface area contributed by atoms with Crippen LogP contribution in [0.15, 0.2) is 22.6 Å². The van der Waals surface area contributed by atoms with E-state index in [1.54, 1.807) is 13.0 Å². The average molecular weight is 290 g/mol. The van der Waals surface area contributed by atoms with E-state index in [2.05, 4.69) is 20.8 Å². The third-order valence-electron chi connectivity index (χ3n) is 3.39. The van der Waals surface area contributed by atoms with Gasteiger partial charge in [-0.1, -0.05) is 11.2 Å². The molecular weight excluding hydrogens is 275 g/mol. The fourth-order valence-electron chi connectivity index (χ4n) is 2.29. The van der Waals surface area contributed by atoms with E-state index in [0.29, 0.717) is 5.89 Å². The van der Waals surface area contributed by atoms with Gasteiger partial charge in [0, 0.05) is 0 Å². The van der Waals surface area contributed by atoms with Crippen molar-refractivity contribution in [1.29, 1.82) is 0 Å². The zero-order valence-electron chi connectivity index (χ0n) is 11.5. The second-order valence-electron chi connectivity index (χ2n) is 5.03. The summed E-state index contributed by atoms with van der Waals surface area (Å²) >= 11 is 0. The third-order valence-corrected chi connectivity index (χ3v) is 3.39. The minimum absolute atomic E-state index is 0.0244. The number of halogens is 1. The molecule has 1 aliphatic rings. The normalized spacial score (nSPS) is 17.9. The molecule has 1 aromatic heterocycles. The predicted octanol–water partition coefficient (Wildman–Crippen LogP) is 2.19. The molecule has 0 saturated carbocycles. The Labute approximate surface area is 120 Å². The van der Waals surface area contributed by atoms with Gasteiger partial charge in [-0.15, -0.1) is 5.10 Å². The lowest BCUT2D eigenvalue weighted by atomic mass is 10.1. The number of nitrogens with zero attached hydrogens (tertiary/aromatic N) is 2. The van der Waals surface area contributed by atoms with Crippen LogP contribution in [0.3, 0.4) is 0 Å². The summed E-state index contributed by atoms with van der Waals surface area (Å²) in [6, 6.07) is 4.40. The first-order chi connectivity index (χ1) is 10.1. The van der Waals surface area contributed by atoms with Gasteiger partial charge in [0.05, 0.1) is 11.6 Å². The minimum atomic E-state index is -0.609. The van der Waals surface area contributed by atoms with Crippen molar-refractivity contribution in [1.82, 2.24) is 15.5 Å². The number of benzene rings is 1. The molecule has 2 heterocycles. The summed E-state index contributed by atoms with van der Waals surface area (Å²) in [7, 11) is 0. The molecule has 0 bridgehead atoms. The maximum Gasteiger partial charge on any atom is 0.322 e. The first-order valence-corrected chi connectivity index (χ1v) is 6.78. The van der Waals surface area contributed by atoms with Crippen molar-refractivity contribution >= 4 is 11.9 Å². The van der Waals surface area contributed by atoms with Crippen molar-refractivity contribution in [2.75, 3.05) is 11.9 Å². The average Bonchev–Trinajstić information content (AvgIpc) is 3.08. The van der Waals surface area contributed by atoms with Crippen molar-refractivity contribution in [2.45, 2.75) is 25.8 Å². The van der Waals surface area contributed by atoms with Crippen LogP contribution in [0.25, 0.3) is 0 Å². The number of anilines is 1. The van der Waals surface area contributed by atoms with E-state index in [-0.39, 0.29) is 17.6 Å². The molecule has 6 nitrogen and oxygen atoms in total. The van der Waals surface area contributed by atoms with Gasteiger partial charge in [-0.2, -0.15) is 0 Å². The summed E-state index contributed by atoms with van der Waals surface area (Å²) in [4.78, 5) is 12.0. The van der Waals surface area contributed by atoms with Crippen molar-refractivity contribution in [2.24, 2.45) is 0 Å². The van der Waals surface area contributed by atoms with Gasteiger partial charge in [0.15, 0.2) is 0 Å². The van der Waals surface area contributed by atoms with Crippen molar-refractivity contribution in [3.8, 4) is 0 Å². The molecule has 1 amide bonds. The molecule has 1 aliphatic heterocycles. The number of carbonyl (C=O) groups is 1. The molecule has 3 rings (SSSR count). The van der Waals surface area contributed by atoms with Crippen molar-refractivity contribution in [3.05, 3.63) is 41.0 Å². The summed E-state index contributed by atoms with van der Waals surface area (Å²) in [6.45, 7) is 2.66. The summed E-state index contributed by atoms with van der Waals surface area (Å²) in [6.07, 6.45) is 1.96. The maximum absolute atomic E-state index is 13.7. The Bertz CT molecular complexity index is 665. The van der Waals surface area contributed by atoms with Gasteiger partial charge < -0.3 is 9.73 Å². The summed E-state index contributed by atoms with van der Waals surface area (Å²) in [5.74, 6) is -0.751. The maximum atomic E-state index is 13.7. The highest BCUT2D eigenvalue weighted by Crippen LogP contribution is 2.23. The molecule has 1 aromatic carbocycles. The highest BCUT2D eigenvalue weighted by Gasteiger charge is 2.23. The Hall–Kier alpha value is -2.28. The van der Waals surface area contributed by atoms with Crippen LogP contribution in [0, 0.1) is 12.7 Å². The molecule has 110 valence electrons. The van der Waals surface area contributed by atoms with Crippen LogP contribution in [0.2, 0.25) is 0 Å². The molecule has 0 aliphatic carbocycles. The Morgan fingerprint density at radius 1 is 1.48 bits per heavy atom. The number of aromatic nitrogens is 2. The zero-order chi connectivity index (χ0) is 14.8. The second-order valence-corrected chi connectivity index (χ2v) is 5.03. The number of hydrogen-bond donors (Lipinski definition) is 2. The first kappa shape index (κ1) is 13.7. The minimum Gasteiger partial charge on any atom is -0.406 e. The lowest BCUT2D eigenvalue weighted by molar-refractivity contribution is 0.102. The van der Waals surface area contributed by atoms with Crippen LogP contribution >= 0.6 is 0 Å². The van der Waals surface area contributed by atoms with Crippen LogP contribution in [-0.2, 0) is 0 Å². The van der Waals surface area contributed by atoms with E-state index < -0.39 is 11.7 Å². The molecule has 1 saturated heterocycles. The van der Waals surface area contributed by atoms with Gasteiger partial charge in [0.25, 0.3) is 5.91 Å². The first-order valence-electron chi connectivity index (χ1n) is 6.78. The van der Waals surface area contributed by atoms with Crippen LogP contribution < -0.4 is 10.6 Å². The van der Waals surface area contributed by atoms with Gasteiger partial charge in [-0.3, -0.25) is 10.1 Å². The highest BCUT2D eigenvalue weighted by molar-refractivity contribution is 6.03. The van der Waals surface area contributed by atoms with E-state index in [9.17, 15) is 9.18 Å². The van der Waals surface area contributed by atoms with E-state index in [1.807, 2.05) is 0 Å². The Kier molecular flexibility index (Phi) is 3.66. The molecule has 0 spiro atoms. The topological polar surface area (TPSA) is 80.0 Å². The summed E-state index contributed by atoms with van der Waals surface area (Å²) < 4.78 is 19.1. The van der Waals surface area contributed by atoms with Crippen LogP contribution in [0.5, 0.6) is 0 Å².